The van der Waals surface area contributed by atoms with Crippen molar-refractivity contribution in [3.8, 4) is 11.5 Å². The summed E-state index contributed by atoms with van der Waals surface area (Å²) >= 11 is 9.90. The molecule has 0 amide bonds. The van der Waals surface area contributed by atoms with E-state index in [2.05, 4.69) is 15.9 Å². The number of ether oxygens (including phenoxy) is 2. The second-order valence-electron chi connectivity index (χ2n) is 4.95. The Balaban J connectivity index is 2.05. The summed E-state index contributed by atoms with van der Waals surface area (Å²) < 4.78 is 12.2. The first-order valence-corrected chi connectivity index (χ1v) is 7.84. The Hall–Kier alpha value is -1.23. The third-order valence-corrected chi connectivity index (χ3v) is 4.83. The Morgan fingerprint density at radius 1 is 1.14 bits per heavy atom. The van der Waals surface area contributed by atoms with Crippen LogP contribution in [-0.2, 0) is 0 Å². The van der Waals surface area contributed by atoms with E-state index >= 15 is 0 Å². The van der Waals surface area contributed by atoms with E-state index in [-0.39, 0.29) is 6.04 Å². The van der Waals surface area contributed by atoms with Crippen LogP contribution >= 0.6 is 27.5 Å². The van der Waals surface area contributed by atoms with E-state index in [0.717, 1.165) is 21.2 Å². The molecule has 0 bridgehead atoms. The van der Waals surface area contributed by atoms with Crippen LogP contribution in [0.4, 0.5) is 0 Å². The van der Waals surface area contributed by atoms with Crippen LogP contribution in [0.3, 0.4) is 0 Å². The SMILES string of the molecule is Cc1c(Br)cccc1C(N)c1cc2c(cc1Cl)OCCO2. The molecular formula is C16H15BrClNO2. The lowest BCUT2D eigenvalue weighted by atomic mass is 9.95. The molecule has 110 valence electrons. The van der Waals surface area contributed by atoms with E-state index in [1.807, 2.05) is 31.2 Å². The van der Waals surface area contributed by atoms with Gasteiger partial charge < -0.3 is 15.2 Å². The number of hydrogen-bond donors (Lipinski definition) is 1. The first-order chi connectivity index (χ1) is 10.1. The van der Waals surface area contributed by atoms with Gasteiger partial charge >= 0.3 is 0 Å². The molecule has 2 aromatic carbocycles. The molecule has 0 spiro atoms. The molecule has 2 N–H and O–H groups in total. The molecule has 0 fully saturated rings. The van der Waals surface area contributed by atoms with E-state index in [1.54, 1.807) is 6.07 Å². The smallest absolute Gasteiger partial charge is 0.162 e. The maximum Gasteiger partial charge on any atom is 0.162 e. The predicted octanol–water partition coefficient (Wildman–Crippen LogP) is 4.23. The second-order valence-corrected chi connectivity index (χ2v) is 6.21. The molecule has 0 saturated carbocycles. The van der Waals surface area contributed by atoms with E-state index in [0.29, 0.717) is 29.7 Å². The molecule has 3 rings (SSSR count). The van der Waals surface area contributed by atoms with Crippen LogP contribution < -0.4 is 15.2 Å². The molecule has 0 aromatic heterocycles. The summed E-state index contributed by atoms with van der Waals surface area (Å²) in [5, 5.41) is 0.589. The Morgan fingerprint density at radius 2 is 1.81 bits per heavy atom. The van der Waals surface area contributed by atoms with Gasteiger partial charge in [0.1, 0.15) is 13.2 Å². The molecule has 1 aliphatic rings. The minimum absolute atomic E-state index is 0.314. The van der Waals surface area contributed by atoms with Gasteiger partial charge in [-0.2, -0.15) is 0 Å². The number of rotatable bonds is 2. The van der Waals surface area contributed by atoms with Crippen LogP contribution in [0.15, 0.2) is 34.8 Å². The van der Waals surface area contributed by atoms with Crippen molar-refractivity contribution in [2.75, 3.05) is 13.2 Å². The van der Waals surface area contributed by atoms with Crippen LogP contribution in [0.1, 0.15) is 22.7 Å². The number of hydrogen-bond acceptors (Lipinski definition) is 3. The topological polar surface area (TPSA) is 44.5 Å². The molecule has 0 radical (unpaired) electrons. The van der Waals surface area contributed by atoms with Crippen molar-refractivity contribution in [3.63, 3.8) is 0 Å². The molecule has 0 aliphatic carbocycles. The number of fused-ring (bicyclic) bond motifs is 1. The number of benzene rings is 2. The predicted molar refractivity (Wildman–Crippen MR) is 87.4 cm³/mol. The second kappa shape index (κ2) is 5.87. The maximum atomic E-state index is 6.42. The molecule has 5 heteroatoms. The van der Waals surface area contributed by atoms with Crippen molar-refractivity contribution < 1.29 is 9.47 Å². The largest absolute Gasteiger partial charge is 0.486 e. The van der Waals surface area contributed by atoms with Gasteiger partial charge in [-0.25, -0.2) is 0 Å². The first-order valence-electron chi connectivity index (χ1n) is 6.67. The highest BCUT2D eigenvalue weighted by Crippen LogP contribution is 2.39. The number of halogens is 2. The Morgan fingerprint density at radius 3 is 2.52 bits per heavy atom. The lowest BCUT2D eigenvalue weighted by Crippen LogP contribution is -2.18. The van der Waals surface area contributed by atoms with Crippen molar-refractivity contribution in [1.29, 1.82) is 0 Å². The minimum atomic E-state index is -0.314. The third kappa shape index (κ3) is 2.76. The monoisotopic (exact) mass is 367 g/mol. The van der Waals surface area contributed by atoms with E-state index in [4.69, 9.17) is 26.8 Å². The first kappa shape index (κ1) is 14.7. The lowest BCUT2D eigenvalue weighted by Gasteiger charge is -2.22. The molecule has 1 unspecified atom stereocenters. The quantitative estimate of drug-likeness (QED) is 0.862. The van der Waals surface area contributed by atoms with Crippen LogP contribution in [0.2, 0.25) is 5.02 Å². The zero-order chi connectivity index (χ0) is 15.0. The van der Waals surface area contributed by atoms with Gasteiger partial charge in [0.05, 0.1) is 6.04 Å². The Labute approximate surface area is 137 Å². The molecule has 3 nitrogen and oxygen atoms in total. The van der Waals surface area contributed by atoms with Gasteiger partial charge in [0.2, 0.25) is 0 Å². The summed E-state index contributed by atoms with van der Waals surface area (Å²) in [7, 11) is 0. The molecule has 21 heavy (non-hydrogen) atoms. The highest BCUT2D eigenvalue weighted by atomic mass is 79.9. The minimum Gasteiger partial charge on any atom is -0.486 e. The highest BCUT2D eigenvalue weighted by Gasteiger charge is 2.20. The average molecular weight is 369 g/mol. The summed E-state index contributed by atoms with van der Waals surface area (Å²) in [4.78, 5) is 0. The van der Waals surface area contributed by atoms with E-state index in [1.165, 1.54) is 0 Å². The van der Waals surface area contributed by atoms with Crippen molar-refractivity contribution in [2.24, 2.45) is 5.73 Å². The summed E-state index contributed by atoms with van der Waals surface area (Å²) in [6.45, 7) is 3.11. The van der Waals surface area contributed by atoms with Gasteiger partial charge in [-0.05, 0) is 35.7 Å². The molecule has 0 saturated heterocycles. The van der Waals surface area contributed by atoms with Crippen LogP contribution in [-0.4, -0.2) is 13.2 Å². The zero-order valence-electron chi connectivity index (χ0n) is 11.5. The lowest BCUT2D eigenvalue weighted by molar-refractivity contribution is 0.171. The van der Waals surface area contributed by atoms with Gasteiger partial charge in [0.25, 0.3) is 0 Å². The fourth-order valence-corrected chi connectivity index (χ4v) is 3.10. The average Bonchev–Trinajstić information content (AvgIpc) is 2.48. The summed E-state index contributed by atoms with van der Waals surface area (Å²) in [6.07, 6.45) is 0. The van der Waals surface area contributed by atoms with Crippen LogP contribution in [0, 0.1) is 6.92 Å². The molecule has 1 heterocycles. The summed E-state index contributed by atoms with van der Waals surface area (Å²) in [5.41, 5.74) is 9.39. The van der Waals surface area contributed by atoms with Gasteiger partial charge in [0.15, 0.2) is 11.5 Å². The highest BCUT2D eigenvalue weighted by molar-refractivity contribution is 9.10. The fourth-order valence-electron chi connectivity index (χ4n) is 2.45. The van der Waals surface area contributed by atoms with Crippen molar-refractivity contribution in [3.05, 3.63) is 56.5 Å². The summed E-state index contributed by atoms with van der Waals surface area (Å²) in [6, 6.07) is 9.32. The normalized spacial score (nSPS) is 14.9. The Kier molecular flexibility index (Phi) is 4.11. The molecule has 1 aliphatic heterocycles. The van der Waals surface area contributed by atoms with Gasteiger partial charge in [-0.1, -0.05) is 39.7 Å². The van der Waals surface area contributed by atoms with Crippen molar-refractivity contribution in [2.45, 2.75) is 13.0 Å². The Bertz CT molecular complexity index is 690. The molecule has 2 aromatic rings. The standard InChI is InChI=1S/C16H15BrClNO2/c1-9-10(3-2-4-12(9)17)16(19)11-7-14-15(8-13(11)18)21-6-5-20-14/h2-4,7-8,16H,5-6,19H2,1H3. The molecular weight excluding hydrogens is 354 g/mol. The maximum absolute atomic E-state index is 6.42. The van der Waals surface area contributed by atoms with Crippen molar-refractivity contribution >= 4 is 27.5 Å². The summed E-state index contributed by atoms with van der Waals surface area (Å²) in [5.74, 6) is 1.37. The zero-order valence-corrected chi connectivity index (χ0v) is 13.9. The van der Waals surface area contributed by atoms with Gasteiger partial charge in [-0.15, -0.1) is 0 Å². The van der Waals surface area contributed by atoms with Crippen LogP contribution in [0.25, 0.3) is 0 Å². The van der Waals surface area contributed by atoms with Gasteiger partial charge in [-0.3, -0.25) is 0 Å². The van der Waals surface area contributed by atoms with E-state index in [9.17, 15) is 0 Å². The molecule has 1 atom stereocenters. The fraction of sp³-hybridized carbons (Fsp3) is 0.250. The third-order valence-electron chi connectivity index (χ3n) is 3.64. The van der Waals surface area contributed by atoms with Crippen LogP contribution in [0.5, 0.6) is 11.5 Å². The van der Waals surface area contributed by atoms with Crippen molar-refractivity contribution in [1.82, 2.24) is 0 Å². The van der Waals surface area contributed by atoms with E-state index < -0.39 is 0 Å². The number of nitrogens with two attached hydrogens (primary N) is 1. The van der Waals surface area contributed by atoms with Gasteiger partial charge in [0, 0.05) is 15.6 Å².